The lowest BCUT2D eigenvalue weighted by atomic mass is 10.1. The zero-order valence-electron chi connectivity index (χ0n) is 10.3. The molecule has 0 fully saturated rings. The summed E-state index contributed by atoms with van der Waals surface area (Å²) in [5.41, 5.74) is 5.67. The molecule has 0 saturated carbocycles. The molecule has 100 valence electrons. The van der Waals surface area contributed by atoms with Gasteiger partial charge in [0.05, 0.1) is 17.9 Å². The largest absolute Gasteiger partial charge is 0.396 e. The van der Waals surface area contributed by atoms with Crippen LogP contribution in [0.4, 0.5) is 10.1 Å². The minimum absolute atomic E-state index is 0.0668. The molecule has 18 heavy (non-hydrogen) atoms. The highest BCUT2D eigenvalue weighted by molar-refractivity contribution is 9.10. The van der Waals surface area contributed by atoms with Gasteiger partial charge in [-0.3, -0.25) is 4.79 Å². The normalized spacial score (nSPS) is 10.8. The molecule has 0 unspecified atom stereocenters. The molecule has 0 radical (unpaired) electrons. The fourth-order valence-corrected chi connectivity index (χ4v) is 2.07. The van der Waals surface area contributed by atoms with E-state index in [1.807, 2.05) is 13.8 Å². The number of carbonyl (C=O) groups excluding carboxylic acids is 1. The first-order chi connectivity index (χ1) is 8.38. The molecule has 4 nitrogen and oxygen atoms in total. The number of amides is 1. The van der Waals surface area contributed by atoms with Crippen LogP contribution in [0.1, 0.15) is 24.2 Å². The van der Waals surface area contributed by atoms with Crippen molar-refractivity contribution in [3.8, 4) is 0 Å². The van der Waals surface area contributed by atoms with Gasteiger partial charge in [-0.05, 0) is 41.9 Å². The van der Waals surface area contributed by atoms with Gasteiger partial charge in [0.25, 0.3) is 5.91 Å². The lowest BCUT2D eigenvalue weighted by molar-refractivity contribution is 0.0664. The Hall–Kier alpha value is -1.14. The maximum absolute atomic E-state index is 13.2. The van der Waals surface area contributed by atoms with Gasteiger partial charge < -0.3 is 15.7 Å². The van der Waals surface area contributed by atoms with E-state index in [0.717, 1.165) is 0 Å². The van der Waals surface area contributed by atoms with E-state index in [2.05, 4.69) is 15.9 Å². The summed E-state index contributed by atoms with van der Waals surface area (Å²) in [6.45, 7) is 3.78. The standard InChI is InChI=1S/C12H16BrFN2O2/c1-7(2)16(3-4-17)12(18)8-5-11(15)10(14)6-9(8)13/h5-7,17H,3-4,15H2,1-2H3. The third kappa shape index (κ3) is 3.20. The van der Waals surface area contributed by atoms with Gasteiger partial charge in [0.15, 0.2) is 0 Å². The molecule has 0 saturated heterocycles. The van der Waals surface area contributed by atoms with Crippen molar-refractivity contribution in [1.29, 1.82) is 0 Å². The molecule has 0 bridgehead atoms. The Morgan fingerprint density at radius 1 is 1.56 bits per heavy atom. The summed E-state index contributed by atoms with van der Waals surface area (Å²) in [5, 5.41) is 8.96. The van der Waals surface area contributed by atoms with Crippen molar-refractivity contribution < 1.29 is 14.3 Å². The number of nitrogens with two attached hydrogens (primary N) is 1. The molecule has 1 aromatic carbocycles. The Kier molecular flexibility index (Phi) is 5.10. The molecule has 0 spiro atoms. The highest BCUT2D eigenvalue weighted by atomic mass is 79.9. The van der Waals surface area contributed by atoms with Crippen LogP contribution in [0.3, 0.4) is 0 Å². The summed E-state index contributed by atoms with van der Waals surface area (Å²) in [4.78, 5) is 13.8. The number of halogens is 2. The van der Waals surface area contributed by atoms with Crippen LogP contribution in [0.15, 0.2) is 16.6 Å². The maximum atomic E-state index is 13.2. The fourth-order valence-electron chi connectivity index (χ4n) is 1.59. The molecule has 1 amide bonds. The summed E-state index contributed by atoms with van der Waals surface area (Å²) in [7, 11) is 0. The number of anilines is 1. The van der Waals surface area contributed by atoms with Crippen LogP contribution in [0, 0.1) is 5.82 Å². The van der Waals surface area contributed by atoms with Crippen LogP contribution in [-0.4, -0.2) is 35.1 Å². The van der Waals surface area contributed by atoms with Gasteiger partial charge in [0, 0.05) is 17.1 Å². The number of nitrogen functional groups attached to an aromatic ring is 1. The van der Waals surface area contributed by atoms with Gasteiger partial charge >= 0.3 is 0 Å². The van der Waals surface area contributed by atoms with Gasteiger partial charge in [-0.2, -0.15) is 0 Å². The highest BCUT2D eigenvalue weighted by Gasteiger charge is 2.21. The van der Waals surface area contributed by atoms with Crippen LogP contribution < -0.4 is 5.73 Å². The summed E-state index contributed by atoms with van der Waals surface area (Å²) < 4.78 is 13.6. The van der Waals surface area contributed by atoms with E-state index < -0.39 is 5.82 Å². The molecule has 6 heteroatoms. The van der Waals surface area contributed by atoms with E-state index in [1.54, 1.807) is 0 Å². The van der Waals surface area contributed by atoms with Crippen molar-refractivity contribution >= 4 is 27.5 Å². The smallest absolute Gasteiger partial charge is 0.255 e. The van der Waals surface area contributed by atoms with Crippen LogP contribution in [0.5, 0.6) is 0 Å². The highest BCUT2D eigenvalue weighted by Crippen LogP contribution is 2.24. The number of hydrogen-bond acceptors (Lipinski definition) is 3. The van der Waals surface area contributed by atoms with Crippen molar-refractivity contribution in [3.63, 3.8) is 0 Å². The number of carbonyl (C=O) groups is 1. The average Bonchev–Trinajstić information content (AvgIpc) is 2.29. The Balaban J connectivity index is 3.12. The van der Waals surface area contributed by atoms with E-state index in [-0.39, 0.29) is 36.4 Å². The van der Waals surface area contributed by atoms with Gasteiger partial charge in [-0.1, -0.05) is 0 Å². The topological polar surface area (TPSA) is 66.6 Å². The molecule has 0 aliphatic heterocycles. The fraction of sp³-hybridized carbons (Fsp3) is 0.417. The first-order valence-corrected chi connectivity index (χ1v) is 6.34. The number of hydrogen-bond donors (Lipinski definition) is 2. The first kappa shape index (κ1) is 14.9. The molecule has 0 aromatic heterocycles. The van der Waals surface area contributed by atoms with Gasteiger partial charge in [0.2, 0.25) is 0 Å². The number of rotatable bonds is 4. The van der Waals surface area contributed by atoms with Crippen LogP contribution >= 0.6 is 15.9 Å². The maximum Gasteiger partial charge on any atom is 0.255 e. The Morgan fingerprint density at radius 2 is 2.17 bits per heavy atom. The Bertz CT molecular complexity index is 452. The molecular formula is C12H16BrFN2O2. The summed E-state index contributed by atoms with van der Waals surface area (Å²) in [6, 6.07) is 2.40. The molecule has 3 N–H and O–H groups in total. The molecule has 1 aromatic rings. The predicted molar refractivity (Wildman–Crippen MR) is 71.8 cm³/mol. The van der Waals surface area contributed by atoms with Crippen LogP contribution in [0.2, 0.25) is 0 Å². The molecule has 0 aliphatic carbocycles. The van der Waals surface area contributed by atoms with E-state index in [1.165, 1.54) is 17.0 Å². The SMILES string of the molecule is CC(C)N(CCO)C(=O)c1cc(N)c(F)cc1Br. The molecular weight excluding hydrogens is 303 g/mol. The monoisotopic (exact) mass is 318 g/mol. The van der Waals surface area contributed by atoms with E-state index in [4.69, 9.17) is 10.8 Å². The zero-order chi connectivity index (χ0) is 13.9. The Labute approximate surface area is 114 Å². The second-order valence-corrected chi connectivity index (χ2v) is 5.02. The minimum atomic E-state index is -0.573. The number of aliphatic hydroxyl groups is 1. The van der Waals surface area contributed by atoms with Gasteiger partial charge in [-0.25, -0.2) is 4.39 Å². The van der Waals surface area contributed by atoms with Gasteiger partial charge in [0.1, 0.15) is 5.82 Å². The van der Waals surface area contributed by atoms with E-state index >= 15 is 0 Å². The van der Waals surface area contributed by atoms with E-state index in [9.17, 15) is 9.18 Å². The second kappa shape index (κ2) is 6.15. The summed E-state index contributed by atoms with van der Waals surface area (Å²) >= 11 is 3.14. The van der Waals surface area contributed by atoms with Crippen molar-refractivity contribution in [3.05, 3.63) is 28.0 Å². The number of benzene rings is 1. The lowest BCUT2D eigenvalue weighted by Crippen LogP contribution is -2.39. The second-order valence-electron chi connectivity index (χ2n) is 4.17. The molecule has 1 rings (SSSR count). The van der Waals surface area contributed by atoms with Crippen LogP contribution in [-0.2, 0) is 0 Å². The van der Waals surface area contributed by atoms with Crippen molar-refractivity contribution in [2.45, 2.75) is 19.9 Å². The number of nitrogens with zero attached hydrogens (tertiary/aromatic N) is 1. The van der Waals surface area contributed by atoms with Crippen LogP contribution in [0.25, 0.3) is 0 Å². The van der Waals surface area contributed by atoms with Crippen molar-refractivity contribution in [1.82, 2.24) is 4.90 Å². The third-order valence-corrected chi connectivity index (χ3v) is 3.20. The third-order valence-electron chi connectivity index (χ3n) is 2.54. The number of aliphatic hydroxyl groups excluding tert-OH is 1. The molecule has 0 aliphatic rings. The Morgan fingerprint density at radius 3 is 2.67 bits per heavy atom. The average molecular weight is 319 g/mol. The summed E-state index contributed by atoms with van der Waals surface area (Å²) in [5.74, 6) is -0.866. The van der Waals surface area contributed by atoms with Crippen molar-refractivity contribution in [2.75, 3.05) is 18.9 Å². The summed E-state index contributed by atoms with van der Waals surface area (Å²) in [6.07, 6.45) is 0. The van der Waals surface area contributed by atoms with Gasteiger partial charge in [-0.15, -0.1) is 0 Å². The first-order valence-electron chi connectivity index (χ1n) is 5.54. The van der Waals surface area contributed by atoms with Crippen molar-refractivity contribution in [2.24, 2.45) is 0 Å². The quantitative estimate of drug-likeness (QED) is 0.835. The molecule has 0 heterocycles. The van der Waals surface area contributed by atoms with E-state index in [0.29, 0.717) is 4.47 Å². The lowest BCUT2D eigenvalue weighted by Gasteiger charge is -2.26. The molecule has 0 atom stereocenters. The zero-order valence-corrected chi connectivity index (χ0v) is 11.9. The predicted octanol–water partition coefficient (Wildman–Crippen LogP) is 2.01. The minimum Gasteiger partial charge on any atom is -0.396 e.